The van der Waals surface area contributed by atoms with E-state index in [-0.39, 0.29) is 11.9 Å². The molecule has 0 radical (unpaired) electrons. The molecule has 1 atom stereocenters. The minimum Gasteiger partial charge on any atom is -0.340 e. The fourth-order valence-electron chi connectivity index (χ4n) is 3.46. The second-order valence-corrected chi connectivity index (χ2v) is 6.03. The van der Waals surface area contributed by atoms with E-state index in [0.717, 1.165) is 30.8 Å². The van der Waals surface area contributed by atoms with Gasteiger partial charge in [0.25, 0.3) is 0 Å². The van der Waals surface area contributed by atoms with Gasteiger partial charge in [-0.1, -0.05) is 31.4 Å². The van der Waals surface area contributed by atoms with Crippen molar-refractivity contribution in [1.29, 1.82) is 0 Å². The van der Waals surface area contributed by atoms with Gasteiger partial charge in [0.15, 0.2) is 5.82 Å². The molecule has 0 aromatic carbocycles. The third-order valence-corrected chi connectivity index (χ3v) is 4.69. The molecule has 0 spiro atoms. The molecule has 108 valence electrons. The smallest absolute Gasteiger partial charge is 0.249 e. The highest BCUT2D eigenvalue weighted by Gasteiger charge is 2.40. The zero-order valence-corrected chi connectivity index (χ0v) is 12.7. The van der Waals surface area contributed by atoms with Crippen LogP contribution in [0.5, 0.6) is 0 Å². The lowest BCUT2D eigenvalue weighted by Crippen LogP contribution is -2.55. The molecule has 1 aromatic heterocycles. The minimum atomic E-state index is -0.110. The van der Waals surface area contributed by atoms with Crippen molar-refractivity contribution < 1.29 is 4.79 Å². The van der Waals surface area contributed by atoms with Crippen molar-refractivity contribution in [3.63, 3.8) is 0 Å². The summed E-state index contributed by atoms with van der Waals surface area (Å²) in [7, 11) is 1.82. The van der Waals surface area contributed by atoms with Crippen molar-refractivity contribution in [2.24, 2.45) is 0 Å². The molecule has 5 heteroatoms. The number of carbonyl (C=O) groups is 1. The Morgan fingerprint density at radius 1 is 1.35 bits per heavy atom. The van der Waals surface area contributed by atoms with Crippen molar-refractivity contribution in [3.8, 4) is 0 Å². The monoisotopic (exact) mass is 293 g/mol. The van der Waals surface area contributed by atoms with Crippen LogP contribution in [0.2, 0.25) is 5.15 Å². The van der Waals surface area contributed by atoms with Gasteiger partial charge in [-0.15, -0.1) is 0 Å². The number of pyridine rings is 1. The van der Waals surface area contributed by atoms with Crippen LogP contribution in [0.4, 0.5) is 11.5 Å². The third kappa shape index (κ3) is 2.06. The molecule has 1 amide bonds. The Morgan fingerprint density at radius 2 is 2.05 bits per heavy atom. The number of hydrogen-bond donors (Lipinski definition) is 0. The Morgan fingerprint density at radius 3 is 2.70 bits per heavy atom. The Labute approximate surface area is 124 Å². The highest BCUT2D eigenvalue weighted by Crippen LogP contribution is 2.40. The number of carbonyl (C=O) groups excluding carboxylic acids is 1. The van der Waals surface area contributed by atoms with Gasteiger partial charge in [-0.2, -0.15) is 0 Å². The number of halogens is 1. The molecular weight excluding hydrogens is 274 g/mol. The Kier molecular flexibility index (Phi) is 3.59. The van der Waals surface area contributed by atoms with E-state index in [0.29, 0.717) is 11.2 Å². The molecular formula is C15H20ClN3O. The topological polar surface area (TPSA) is 36.4 Å². The normalized spacial score (nSPS) is 23.4. The Bertz CT molecular complexity index is 528. The lowest BCUT2D eigenvalue weighted by Gasteiger charge is -2.43. The largest absolute Gasteiger partial charge is 0.340 e. The summed E-state index contributed by atoms with van der Waals surface area (Å²) in [5.74, 6) is 1.04. The SMILES string of the molecule is CCC1C(=O)N(C)c2ccc(Cl)nc2N1C1CCCC1. The van der Waals surface area contributed by atoms with E-state index in [2.05, 4.69) is 16.8 Å². The van der Waals surface area contributed by atoms with Gasteiger partial charge in [0.05, 0.1) is 5.69 Å². The number of nitrogens with zero attached hydrogens (tertiary/aromatic N) is 3. The fraction of sp³-hybridized carbons (Fsp3) is 0.600. The average molecular weight is 294 g/mol. The van der Waals surface area contributed by atoms with E-state index in [1.165, 1.54) is 12.8 Å². The number of likely N-dealkylation sites (N-methyl/N-ethyl adjacent to an activating group) is 1. The van der Waals surface area contributed by atoms with Crippen molar-refractivity contribution >= 4 is 29.0 Å². The van der Waals surface area contributed by atoms with Crippen LogP contribution in [-0.2, 0) is 4.79 Å². The Hall–Kier alpha value is -1.29. The number of hydrogen-bond acceptors (Lipinski definition) is 3. The third-order valence-electron chi connectivity index (χ3n) is 4.48. The second-order valence-electron chi connectivity index (χ2n) is 5.64. The molecule has 1 fully saturated rings. The van der Waals surface area contributed by atoms with Crippen LogP contribution < -0.4 is 9.80 Å². The maximum Gasteiger partial charge on any atom is 0.249 e. The first-order chi connectivity index (χ1) is 9.63. The van der Waals surface area contributed by atoms with Crippen molar-refractivity contribution in [1.82, 2.24) is 4.98 Å². The van der Waals surface area contributed by atoms with E-state index >= 15 is 0 Å². The van der Waals surface area contributed by atoms with Gasteiger partial charge in [-0.05, 0) is 31.4 Å². The summed E-state index contributed by atoms with van der Waals surface area (Å²) in [5, 5.41) is 0.490. The zero-order chi connectivity index (χ0) is 14.3. The standard InChI is InChI=1S/C15H20ClN3O/c1-3-11-15(20)18(2)12-8-9-13(16)17-14(12)19(11)10-6-4-5-7-10/h8-11H,3-7H2,1-2H3. The number of rotatable bonds is 2. The molecule has 1 aliphatic carbocycles. The number of aromatic nitrogens is 1. The van der Waals surface area contributed by atoms with Gasteiger partial charge in [-0.25, -0.2) is 4.98 Å². The molecule has 1 unspecified atom stereocenters. The second kappa shape index (κ2) is 5.24. The van der Waals surface area contributed by atoms with Crippen molar-refractivity contribution in [2.45, 2.75) is 51.1 Å². The van der Waals surface area contributed by atoms with Crippen LogP contribution in [-0.4, -0.2) is 30.0 Å². The summed E-state index contributed by atoms with van der Waals surface area (Å²) in [6.45, 7) is 2.06. The fourth-order valence-corrected chi connectivity index (χ4v) is 3.60. The van der Waals surface area contributed by atoms with Gasteiger partial charge < -0.3 is 9.80 Å². The minimum absolute atomic E-state index is 0.110. The summed E-state index contributed by atoms with van der Waals surface area (Å²) >= 11 is 6.08. The summed E-state index contributed by atoms with van der Waals surface area (Å²) in [5.41, 5.74) is 0.871. The molecule has 0 N–H and O–H groups in total. The number of anilines is 2. The summed E-state index contributed by atoms with van der Waals surface area (Å²) < 4.78 is 0. The maximum absolute atomic E-state index is 12.6. The summed E-state index contributed by atoms with van der Waals surface area (Å²) in [6.07, 6.45) is 5.55. The summed E-state index contributed by atoms with van der Waals surface area (Å²) in [4.78, 5) is 21.1. The van der Waals surface area contributed by atoms with Crippen LogP contribution >= 0.6 is 11.6 Å². The van der Waals surface area contributed by atoms with E-state index in [9.17, 15) is 4.79 Å². The van der Waals surface area contributed by atoms with E-state index in [1.807, 2.05) is 13.1 Å². The molecule has 2 heterocycles. The van der Waals surface area contributed by atoms with Gasteiger partial charge in [0.1, 0.15) is 11.2 Å². The van der Waals surface area contributed by atoms with Gasteiger partial charge in [0.2, 0.25) is 5.91 Å². The van der Waals surface area contributed by atoms with Crippen LogP contribution in [0.25, 0.3) is 0 Å². The van der Waals surface area contributed by atoms with Crippen molar-refractivity contribution in [2.75, 3.05) is 16.8 Å². The molecule has 4 nitrogen and oxygen atoms in total. The lowest BCUT2D eigenvalue weighted by molar-refractivity contribution is -0.120. The highest BCUT2D eigenvalue weighted by atomic mass is 35.5. The number of fused-ring (bicyclic) bond motifs is 1. The van der Waals surface area contributed by atoms with Crippen LogP contribution in [0.1, 0.15) is 39.0 Å². The Balaban J connectivity index is 2.11. The molecule has 1 aromatic rings. The van der Waals surface area contributed by atoms with E-state index in [1.54, 1.807) is 11.0 Å². The first kappa shape index (κ1) is 13.7. The van der Waals surface area contributed by atoms with Crippen LogP contribution in [0.15, 0.2) is 12.1 Å². The summed E-state index contributed by atoms with van der Waals surface area (Å²) in [6, 6.07) is 3.96. The predicted molar refractivity (Wildman–Crippen MR) is 81.5 cm³/mol. The van der Waals surface area contributed by atoms with Crippen LogP contribution in [0.3, 0.4) is 0 Å². The van der Waals surface area contributed by atoms with Gasteiger partial charge >= 0.3 is 0 Å². The average Bonchev–Trinajstić information content (AvgIpc) is 2.96. The quantitative estimate of drug-likeness (QED) is 0.786. The predicted octanol–water partition coefficient (Wildman–Crippen LogP) is 3.24. The van der Waals surface area contributed by atoms with Gasteiger partial charge in [-0.3, -0.25) is 4.79 Å². The maximum atomic E-state index is 12.6. The zero-order valence-electron chi connectivity index (χ0n) is 12.0. The first-order valence-corrected chi connectivity index (χ1v) is 7.73. The molecule has 2 aliphatic rings. The van der Waals surface area contributed by atoms with Gasteiger partial charge in [0, 0.05) is 13.1 Å². The highest BCUT2D eigenvalue weighted by molar-refractivity contribution is 6.29. The number of amides is 1. The van der Waals surface area contributed by atoms with Crippen molar-refractivity contribution in [3.05, 3.63) is 17.3 Å². The van der Waals surface area contributed by atoms with E-state index in [4.69, 9.17) is 11.6 Å². The molecule has 1 saturated carbocycles. The van der Waals surface area contributed by atoms with Crippen LogP contribution in [0, 0.1) is 0 Å². The molecule has 0 bridgehead atoms. The molecule has 20 heavy (non-hydrogen) atoms. The first-order valence-electron chi connectivity index (χ1n) is 7.36. The molecule has 1 aliphatic heterocycles. The molecule has 3 rings (SSSR count). The molecule has 0 saturated heterocycles. The lowest BCUT2D eigenvalue weighted by atomic mass is 10.0. The van der Waals surface area contributed by atoms with E-state index < -0.39 is 0 Å².